The maximum absolute atomic E-state index is 4.83. The zero-order valence-electron chi connectivity index (χ0n) is 14.7. The summed E-state index contributed by atoms with van der Waals surface area (Å²) in [5, 5.41) is 3.53. The number of aromatic nitrogens is 1. The molecule has 0 amide bonds. The van der Waals surface area contributed by atoms with Crippen LogP contribution in [0.5, 0.6) is 0 Å². The van der Waals surface area contributed by atoms with E-state index in [-0.39, 0.29) is 0 Å². The van der Waals surface area contributed by atoms with E-state index in [0.29, 0.717) is 12.0 Å². The smallest absolute Gasteiger partial charge is 0.129 e. The molecule has 0 aromatic carbocycles. The van der Waals surface area contributed by atoms with Crippen LogP contribution in [0, 0.1) is 5.92 Å². The Kier molecular flexibility index (Phi) is 7.73. The molecule has 0 aliphatic rings. The molecule has 0 spiro atoms. The fraction of sp³-hybridized carbons (Fsp3) is 0.722. The summed E-state index contributed by atoms with van der Waals surface area (Å²) in [6.07, 6.45) is 2.14. The fourth-order valence-electron chi connectivity index (χ4n) is 2.45. The van der Waals surface area contributed by atoms with Crippen LogP contribution in [0.1, 0.15) is 59.2 Å². The van der Waals surface area contributed by atoms with E-state index in [1.807, 2.05) is 0 Å². The Morgan fingerprint density at radius 3 is 2.38 bits per heavy atom. The van der Waals surface area contributed by atoms with Gasteiger partial charge in [0.05, 0.1) is 0 Å². The maximum atomic E-state index is 4.83. The van der Waals surface area contributed by atoms with Crippen molar-refractivity contribution >= 4 is 5.82 Å². The molecule has 0 fully saturated rings. The number of hydrogen-bond donors (Lipinski definition) is 1. The number of nitrogens with one attached hydrogen (secondary N) is 1. The predicted octanol–water partition coefficient (Wildman–Crippen LogP) is 4.01. The quantitative estimate of drug-likeness (QED) is 0.745. The molecule has 0 bridgehead atoms. The first-order chi connectivity index (χ1) is 9.97. The molecule has 0 aliphatic heterocycles. The molecular formula is C18H33N3. The largest absolute Gasteiger partial charge is 0.354 e. The minimum absolute atomic E-state index is 0.487. The van der Waals surface area contributed by atoms with Gasteiger partial charge in [-0.2, -0.15) is 0 Å². The van der Waals surface area contributed by atoms with Crippen LogP contribution >= 0.6 is 0 Å². The van der Waals surface area contributed by atoms with Crippen molar-refractivity contribution in [2.45, 2.75) is 67.0 Å². The summed E-state index contributed by atoms with van der Waals surface area (Å²) >= 11 is 0. The molecule has 0 saturated heterocycles. The highest BCUT2D eigenvalue weighted by Crippen LogP contribution is 2.18. The average molecular weight is 291 g/mol. The molecule has 0 saturated carbocycles. The number of aryl methyl sites for hydroxylation is 1. The van der Waals surface area contributed by atoms with Crippen molar-refractivity contribution < 1.29 is 0 Å². The van der Waals surface area contributed by atoms with Crippen molar-refractivity contribution in [1.29, 1.82) is 0 Å². The topological polar surface area (TPSA) is 28.2 Å². The molecule has 0 atom stereocenters. The third-order valence-electron chi connectivity index (χ3n) is 3.55. The van der Waals surface area contributed by atoms with Crippen LogP contribution in [-0.4, -0.2) is 24.1 Å². The Morgan fingerprint density at radius 1 is 1.14 bits per heavy atom. The van der Waals surface area contributed by atoms with Gasteiger partial charge in [-0.1, -0.05) is 27.7 Å². The van der Waals surface area contributed by atoms with Gasteiger partial charge in [0.1, 0.15) is 5.82 Å². The van der Waals surface area contributed by atoms with Gasteiger partial charge < -0.3 is 10.2 Å². The van der Waals surface area contributed by atoms with Gasteiger partial charge in [-0.25, -0.2) is 4.98 Å². The molecule has 1 heterocycles. The normalized spacial score (nSPS) is 11.4. The maximum Gasteiger partial charge on any atom is 0.129 e. The van der Waals surface area contributed by atoms with Crippen molar-refractivity contribution in [2.75, 3.05) is 18.0 Å². The van der Waals surface area contributed by atoms with Gasteiger partial charge in [0.15, 0.2) is 0 Å². The summed E-state index contributed by atoms with van der Waals surface area (Å²) < 4.78 is 0. The lowest BCUT2D eigenvalue weighted by atomic mass is 10.1. The lowest BCUT2D eigenvalue weighted by molar-refractivity contribution is 0.551. The van der Waals surface area contributed by atoms with Crippen LogP contribution in [0.2, 0.25) is 0 Å². The molecule has 1 N–H and O–H groups in total. The highest BCUT2D eigenvalue weighted by molar-refractivity contribution is 5.43. The first-order valence-corrected chi connectivity index (χ1v) is 8.45. The van der Waals surface area contributed by atoms with E-state index in [9.17, 15) is 0 Å². The lowest BCUT2D eigenvalue weighted by Crippen LogP contribution is -2.32. The lowest BCUT2D eigenvalue weighted by Gasteiger charge is -2.28. The van der Waals surface area contributed by atoms with Crippen molar-refractivity contribution in [1.82, 2.24) is 10.3 Å². The van der Waals surface area contributed by atoms with Gasteiger partial charge in [0.2, 0.25) is 0 Å². The summed E-state index contributed by atoms with van der Waals surface area (Å²) in [6.45, 7) is 16.4. The average Bonchev–Trinajstić information content (AvgIpc) is 2.43. The van der Waals surface area contributed by atoms with Crippen LogP contribution in [-0.2, 0) is 13.0 Å². The second-order valence-electron chi connectivity index (χ2n) is 6.49. The van der Waals surface area contributed by atoms with Crippen molar-refractivity contribution in [3.05, 3.63) is 23.4 Å². The highest BCUT2D eigenvalue weighted by atomic mass is 15.2. The number of pyridine rings is 1. The van der Waals surface area contributed by atoms with Crippen LogP contribution in [0.4, 0.5) is 5.82 Å². The molecule has 1 aromatic heterocycles. The summed E-state index contributed by atoms with van der Waals surface area (Å²) in [7, 11) is 0. The molecule has 0 unspecified atom stereocenters. The van der Waals surface area contributed by atoms with E-state index in [4.69, 9.17) is 4.98 Å². The number of rotatable bonds is 9. The Hall–Kier alpha value is -1.09. The van der Waals surface area contributed by atoms with Crippen molar-refractivity contribution in [3.8, 4) is 0 Å². The summed E-state index contributed by atoms with van der Waals surface area (Å²) in [5.74, 6) is 1.82. The molecule has 3 heteroatoms. The van der Waals surface area contributed by atoms with Gasteiger partial charge in [0.25, 0.3) is 0 Å². The summed E-state index contributed by atoms with van der Waals surface area (Å²) in [5.41, 5.74) is 2.54. The van der Waals surface area contributed by atoms with Gasteiger partial charge in [-0.15, -0.1) is 0 Å². The molecule has 0 radical (unpaired) electrons. The van der Waals surface area contributed by atoms with E-state index in [1.165, 1.54) is 11.3 Å². The van der Waals surface area contributed by atoms with Crippen LogP contribution in [0.3, 0.4) is 0 Å². The van der Waals surface area contributed by atoms with E-state index in [0.717, 1.165) is 38.3 Å². The molecular weight excluding hydrogens is 258 g/mol. The monoisotopic (exact) mass is 291 g/mol. The minimum atomic E-state index is 0.487. The fourth-order valence-corrected chi connectivity index (χ4v) is 2.45. The number of nitrogens with zero attached hydrogens (tertiary/aromatic N) is 2. The third-order valence-corrected chi connectivity index (χ3v) is 3.55. The van der Waals surface area contributed by atoms with E-state index >= 15 is 0 Å². The first-order valence-electron chi connectivity index (χ1n) is 8.45. The minimum Gasteiger partial charge on any atom is -0.354 e. The Balaban J connectivity index is 2.92. The van der Waals surface area contributed by atoms with E-state index in [1.54, 1.807) is 0 Å². The molecule has 0 aliphatic carbocycles. The van der Waals surface area contributed by atoms with Crippen molar-refractivity contribution in [3.63, 3.8) is 0 Å². The van der Waals surface area contributed by atoms with Gasteiger partial charge >= 0.3 is 0 Å². The Bertz CT molecular complexity index is 413. The standard InChI is InChI=1S/C18H33N3/c1-7-9-21(15(5)6)18-11-16(10-17(8-2)20-18)13-19-12-14(3)4/h10-11,14-15,19H,7-9,12-13H2,1-6H3. The third kappa shape index (κ3) is 6.04. The zero-order valence-corrected chi connectivity index (χ0v) is 14.7. The number of hydrogen-bond acceptors (Lipinski definition) is 3. The SMILES string of the molecule is CCCN(c1cc(CNCC(C)C)cc(CC)n1)C(C)C. The molecule has 1 aromatic rings. The van der Waals surface area contributed by atoms with Crippen LogP contribution in [0.25, 0.3) is 0 Å². The van der Waals surface area contributed by atoms with E-state index < -0.39 is 0 Å². The van der Waals surface area contributed by atoms with E-state index in [2.05, 4.69) is 63.9 Å². The molecule has 120 valence electrons. The summed E-state index contributed by atoms with van der Waals surface area (Å²) in [6, 6.07) is 4.98. The molecule has 1 rings (SSSR count). The second kappa shape index (κ2) is 9.04. The van der Waals surface area contributed by atoms with Gasteiger partial charge in [-0.05, 0) is 56.8 Å². The van der Waals surface area contributed by atoms with Crippen LogP contribution < -0.4 is 10.2 Å². The molecule has 21 heavy (non-hydrogen) atoms. The second-order valence-corrected chi connectivity index (χ2v) is 6.49. The highest BCUT2D eigenvalue weighted by Gasteiger charge is 2.12. The van der Waals surface area contributed by atoms with Gasteiger partial charge in [-0.3, -0.25) is 0 Å². The first kappa shape index (κ1) is 18.0. The predicted molar refractivity (Wildman–Crippen MR) is 92.9 cm³/mol. The Morgan fingerprint density at radius 2 is 1.86 bits per heavy atom. The Labute approximate surface area is 131 Å². The van der Waals surface area contributed by atoms with Crippen molar-refractivity contribution in [2.24, 2.45) is 5.92 Å². The van der Waals surface area contributed by atoms with Crippen LogP contribution in [0.15, 0.2) is 12.1 Å². The number of anilines is 1. The molecule has 3 nitrogen and oxygen atoms in total. The zero-order chi connectivity index (χ0) is 15.8. The summed E-state index contributed by atoms with van der Waals surface area (Å²) in [4.78, 5) is 7.24. The van der Waals surface area contributed by atoms with Gasteiger partial charge in [0, 0.05) is 24.8 Å².